The summed E-state index contributed by atoms with van der Waals surface area (Å²) in [6, 6.07) is 30.0. The molecule has 1 N–H and O–H groups in total. The molecule has 9 heteroatoms. The molecule has 1 aromatic heterocycles. The molecule has 0 spiro atoms. The van der Waals surface area contributed by atoms with Gasteiger partial charge in [0.05, 0.1) is 32.4 Å². The second-order valence-electron chi connectivity index (χ2n) is 13.0. The minimum Gasteiger partial charge on any atom is -0.497 e. The van der Waals surface area contributed by atoms with E-state index in [1.54, 1.807) is 13.4 Å². The molecule has 0 aliphatic carbocycles. The highest BCUT2D eigenvalue weighted by atomic mass is 28.4. The molecule has 8 nitrogen and oxygen atoms in total. The molecule has 1 unspecified atom stereocenters. The average Bonchev–Trinajstić information content (AvgIpc) is 3.22. The van der Waals surface area contributed by atoms with Gasteiger partial charge in [0.2, 0.25) is 0 Å². The third kappa shape index (κ3) is 6.22. The summed E-state index contributed by atoms with van der Waals surface area (Å²) < 4.78 is 19.4. The standard InChI is InChI=1S/C36H46N5O3Si/c1-36(2,3)45(31-12-7-5-8-13-31,32-14-9-6-10-15-32)44-23-11-21-41-22-25-43-24-20-40(41)35-33(27-41)34(38-28-39-35)37-26-29-16-18-30(42-4)19-17-29/h5-10,12-19,28H,11,20-27H2,1-4H3,(H,37,38,39)/q+1. The van der Waals surface area contributed by atoms with Gasteiger partial charge in [-0.2, -0.15) is 0 Å². The van der Waals surface area contributed by atoms with E-state index in [4.69, 9.17) is 23.9 Å². The number of rotatable bonds is 11. The van der Waals surface area contributed by atoms with Crippen molar-refractivity contribution < 1.29 is 18.5 Å². The highest BCUT2D eigenvalue weighted by Gasteiger charge is 2.51. The van der Waals surface area contributed by atoms with E-state index in [2.05, 4.69) is 104 Å². The van der Waals surface area contributed by atoms with Crippen molar-refractivity contribution in [2.45, 2.75) is 45.3 Å². The number of fused-ring (bicyclic) bond motifs is 3. The van der Waals surface area contributed by atoms with Gasteiger partial charge >= 0.3 is 0 Å². The van der Waals surface area contributed by atoms with Crippen molar-refractivity contribution in [2.75, 3.05) is 56.9 Å². The van der Waals surface area contributed by atoms with Crippen LogP contribution in [0.15, 0.2) is 91.3 Å². The Bertz CT molecular complexity index is 1510. The number of anilines is 2. The maximum Gasteiger partial charge on any atom is 0.261 e. The van der Waals surface area contributed by atoms with Crippen LogP contribution in [0.4, 0.5) is 11.6 Å². The average molecular weight is 625 g/mol. The molecular weight excluding hydrogens is 579 g/mol. The fourth-order valence-electron chi connectivity index (χ4n) is 7.10. The van der Waals surface area contributed by atoms with Crippen LogP contribution in [-0.2, 0) is 22.3 Å². The molecule has 4 aromatic rings. The maximum atomic E-state index is 7.27. The van der Waals surface area contributed by atoms with Crippen molar-refractivity contribution in [3.63, 3.8) is 0 Å². The SMILES string of the molecule is COc1ccc(CNc2ncnc3c2C[N+]2(CCCO[Si](c4ccccc4)(c4ccccc4)C(C)(C)C)CCOCCN32)cc1. The number of aromatic nitrogens is 2. The van der Waals surface area contributed by atoms with E-state index in [-0.39, 0.29) is 5.04 Å². The fraction of sp³-hybridized carbons (Fsp3) is 0.389. The summed E-state index contributed by atoms with van der Waals surface area (Å²) in [5, 5.41) is 8.64. The number of hydrogen-bond acceptors (Lipinski definition) is 7. The molecule has 0 bridgehead atoms. The summed E-state index contributed by atoms with van der Waals surface area (Å²) in [4.78, 5) is 9.51. The lowest BCUT2D eigenvalue weighted by molar-refractivity contribution is -0.942. The topological polar surface area (TPSA) is 68.7 Å². The van der Waals surface area contributed by atoms with Gasteiger partial charge in [0.15, 0.2) is 5.82 Å². The lowest BCUT2D eigenvalue weighted by Gasteiger charge is -2.43. The molecule has 0 radical (unpaired) electrons. The number of nitrogens with zero attached hydrogens (tertiary/aromatic N) is 4. The van der Waals surface area contributed by atoms with Crippen LogP contribution < -0.4 is 25.4 Å². The van der Waals surface area contributed by atoms with E-state index in [0.717, 1.165) is 61.2 Å². The van der Waals surface area contributed by atoms with Crippen LogP contribution in [0.5, 0.6) is 5.75 Å². The number of benzene rings is 3. The van der Waals surface area contributed by atoms with Gasteiger partial charge in [-0.05, 0) is 33.1 Å². The first-order valence-electron chi connectivity index (χ1n) is 16.0. The van der Waals surface area contributed by atoms with Crippen molar-refractivity contribution in [2.24, 2.45) is 0 Å². The Kier molecular flexibility index (Phi) is 9.23. The van der Waals surface area contributed by atoms with E-state index >= 15 is 0 Å². The minimum atomic E-state index is -2.59. The number of ether oxygens (including phenoxy) is 2. The van der Waals surface area contributed by atoms with E-state index in [1.807, 2.05) is 12.1 Å². The van der Waals surface area contributed by atoms with Crippen LogP contribution in [0.25, 0.3) is 0 Å². The Balaban J connectivity index is 1.22. The first-order valence-corrected chi connectivity index (χ1v) is 17.9. The van der Waals surface area contributed by atoms with Crippen LogP contribution in [0.2, 0.25) is 5.04 Å². The molecule has 1 atom stereocenters. The van der Waals surface area contributed by atoms with Crippen molar-refractivity contribution in [3.05, 3.63) is 102 Å². The van der Waals surface area contributed by atoms with Crippen LogP contribution in [0.3, 0.4) is 0 Å². The normalized spacial score (nSPS) is 18.2. The van der Waals surface area contributed by atoms with Crippen LogP contribution in [0, 0.1) is 0 Å². The summed E-state index contributed by atoms with van der Waals surface area (Å²) in [6.07, 6.45) is 2.62. The Hall–Kier alpha value is -3.76. The van der Waals surface area contributed by atoms with Gasteiger partial charge in [-0.15, -0.1) is 0 Å². The molecule has 3 heterocycles. The minimum absolute atomic E-state index is 0.0469. The first kappa shape index (κ1) is 31.2. The number of hydrogen-bond donors (Lipinski definition) is 1. The van der Waals surface area contributed by atoms with Gasteiger partial charge in [0.1, 0.15) is 37.5 Å². The maximum absolute atomic E-state index is 7.27. The van der Waals surface area contributed by atoms with Crippen LogP contribution in [0.1, 0.15) is 38.3 Å². The summed E-state index contributed by atoms with van der Waals surface area (Å²) >= 11 is 0. The van der Waals surface area contributed by atoms with Gasteiger partial charge in [-0.25, -0.2) is 19.6 Å². The van der Waals surface area contributed by atoms with Crippen molar-refractivity contribution in [1.82, 2.24) is 9.97 Å². The second kappa shape index (κ2) is 13.3. The fourth-order valence-corrected chi connectivity index (χ4v) is 11.7. The summed E-state index contributed by atoms with van der Waals surface area (Å²) in [5.74, 6) is 2.78. The zero-order valence-electron chi connectivity index (χ0n) is 27.0. The third-order valence-electron chi connectivity index (χ3n) is 9.30. The second-order valence-corrected chi connectivity index (χ2v) is 17.3. The van der Waals surface area contributed by atoms with Crippen LogP contribution in [-0.4, -0.2) is 69.4 Å². The van der Waals surface area contributed by atoms with Crippen molar-refractivity contribution >= 4 is 30.3 Å². The predicted molar refractivity (Wildman–Crippen MR) is 182 cm³/mol. The molecule has 3 aromatic carbocycles. The van der Waals surface area contributed by atoms with Crippen molar-refractivity contribution in [3.8, 4) is 5.75 Å². The number of methoxy groups -OCH3 is 1. The molecule has 45 heavy (non-hydrogen) atoms. The summed E-state index contributed by atoms with van der Waals surface area (Å²) in [6.45, 7) is 13.3. The first-order chi connectivity index (χ1) is 21.9. The largest absolute Gasteiger partial charge is 0.497 e. The molecule has 0 saturated carbocycles. The van der Waals surface area contributed by atoms with E-state index in [9.17, 15) is 0 Å². The quantitative estimate of drug-likeness (QED) is 0.141. The molecule has 1 saturated heterocycles. The lowest BCUT2D eigenvalue weighted by atomic mass is 10.2. The molecule has 2 aliphatic heterocycles. The van der Waals surface area contributed by atoms with Gasteiger partial charge in [-0.1, -0.05) is 93.6 Å². The number of nitrogens with one attached hydrogen (secondary N) is 1. The van der Waals surface area contributed by atoms with Gasteiger partial charge < -0.3 is 19.2 Å². The molecule has 0 amide bonds. The van der Waals surface area contributed by atoms with Gasteiger partial charge in [0.25, 0.3) is 8.32 Å². The molecule has 1 fully saturated rings. The Morgan fingerprint density at radius 1 is 0.911 bits per heavy atom. The van der Waals surface area contributed by atoms with E-state index in [0.29, 0.717) is 19.8 Å². The highest BCUT2D eigenvalue weighted by Crippen LogP contribution is 2.40. The predicted octanol–water partition coefficient (Wildman–Crippen LogP) is 5.15. The molecule has 236 valence electrons. The Morgan fingerprint density at radius 3 is 2.24 bits per heavy atom. The molecule has 6 rings (SSSR count). The van der Waals surface area contributed by atoms with E-state index < -0.39 is 8.32 Å². The van der Waals surface area contributed by atoms with Gasteiger partial charge in [0, 0.05) is 19.6 Å². The van der Waals surface area contributed by atoms with E-state index in [1.165, 1.54) is 21.5 Å². The smallest absolute Gasteiger partial charge is 0.261 e. The molecule has 2 aliphatic rings. The monoisotopic (exact) mass is 624 g/mol. The zero-order chi connectivity index (χ0) is 31.3. The Labute approximate surface area is 268 Å². The molecular formula is C36H46N5O3Si+. The third-order valence-corrected chi connectivity index (χ3v) is 14.3. The lowest BCUT2D eigenvalue weighted by Crippen LogP contribution is -2.66. The van der Waals surface area contributed by atoms with Crippen LogP contribution >= 0.6 is 0 Å². The highest BCUT2D eigenvalue weighted by molar-refractivity contribution is 6.99. The Morgan fingerprint density at radius 2 is 1.60 bits per heavy atom. The number of quaternary nitrogens is 1. The summed E-state index contributed by atoms with van der Waals surface area (Å²) in [5.41, 5.74) is 2.36. The van der Waals surface area contributed by atoms with Gasteiger partial charge in [-0.3, -0.25) is 0 Å². The zero-order valence-corrected chi connectivity index (χ0v) is 28.0. The summed E-state index contributed by atoms with van der Waals surface area (Å²) in [7, 11) is -0.899. The van der Waals surface area contributed by atoms with Crippen molar-refractivity contribution in [1.29, 1.82) is 0 Å².